The van der Waals surface area contributed by atoms with Gasteiger partial charge in [-0.15, -0.1) is 0 Å². The Balaban J connectivity index is 2.56. The van der Waals surface area contributed by atoms with Crippen LogP contribution >= 0.6 is 0 Å². The van der Waals surface area contributed by atoms with Crippen molar-refractivity contribution in [2.75, 3.05) is 7.11 Å². The SMILES string of the molecule is CC/C(=C(\c1ccc(OC)cc1)C(C)C)c1ccccn1. The van der Waals surface area contributed by atoms with Crippen LogP contribution in [0.3, 0.4) is 0 Å². The molecule has 0 fully saturated rings. The van der Waals surface area contributed by atoms with Crippen LogP contribution in [-0.2, 0) is 0 Å². The highest BCUT2D eigenvalue weighted by atomic mass is 16.5. The van der Waals surface area contributed by atoms with Gasteiger partial charge in [0.2, 0.25) is 0 Å². The lowest BCUT2D eigenvalue weighted by Crippen LogP contribution is -2.00. The van der Waals surface area contributed by atoms with E-state index in [9.17, 15) is 0 Å². The molecule has 0 spiro atoms. The number of pyridine rings is 1. The van der Waals surface area contributed by atoms with Gasteiger partial charge in [0.25, 0.3) is 0 Å². The van der Waals surface area contributed by atoms with Crippen molar-refractivity contribution in [1.82, 2.24) is 4.98 Å². The van der Waals surface area contributed by atoms with E-state index in [0.717, 1.165) is 17.9 Å². The summed E-state index contributed by atoms with van der Waals surface area (Å²) in [5, 5.41) is 0. The van der Waals surface area contributed by atoms with Crippen molar-refractivity contribution >= 4 is 11.1 Å². The summed E-state index contributed by atoms with van der Waals surface area (Å²) in [6.45, 7) is 6.66. The Morgan fingerprint density at radius 1 is 1.10 bits per heavy atom. The summed E-state index contributed by atoms with van der Waals surface area (Å²) in [7, 11) is 1.69. The summed E-state index contributed by atoms with van der Waals surface area (Å²) >= 11 is 0. The second-order valence-corrected chi connectivity index (χ2v) is 5.34. The lowest BCUT2D eigenvalue weighted by Gasteiger charge is -2.18. The van der Waals surface area contributed by atoms with Gasteiger partial charge in [0.15, 0.2) is 0 Å². The molecule has 1 heterocycles. The number of ether oxygens (including phenoxy) is 1. The number of nitrogens with zero attached hydrogens (tertiary/aromatic N) is 1. The highest BCUT2D eigenvalue weighted by molar-refractivity contribution is 5.90. The quantitative estimate of drug-likeness (QED) is 0.763. The van der Waals surface area contributed by atoms with Gasteiger partial charge in [0.1, 0.15) is 5.75 Å². The van der Waals surface area contributed by atoms with Crippen LogP contribution < -0.4 is 4.74 Å². The van der Waals surface area contributed by atoms with Crippen LogP contribution in [0.1, 0.15) is 38.4 Å². The fraction of sp³-hybridized carbons (Fsp3) is 0.316. The van der Waals surface area contributed by atoms with Crippen molar-refractivity contribution in [3.05, 3.63) is 59.9 Å². The minimum Gasteiger partial charge on any atom is -0.497 e. The van der Waals surface area contributed by atoms with Gasteiger partial charge in [-0.25, -0.2) is 0 Å². The molecule has 110 valence electrons. The van der Waals surface area contributed by atoms with Crippen molar-refractivity contribution in [2.45, 2.75) is 27.2 Å². The first-order valence-electron chi connectivity index (χ1n) is 7.46. The standard InChI is InChI=1S/C19H23NO/c1-5-17(18-8-6-7-13-20-18)19(14(2)3)15-9-11-16(21-4)12-10-15/h6-14H,5H2,1-4H3/b19-17+. The Kier molecular flexibility index (Phi) is 5.15. The minimum atomic E-state index is 0.440. The zero-order valence-corrected chi connectivity index (χ0v) is 13.3. The molecule has 0 N–H and O–H groups in total. The third kappa shape index (κ3) is 3.52. The van der Waals surface area contributed by atoms with Gasteiger partial charge < -0.3 is 4.74 Å². The summed E-state index contributed by atoms with van der Waals surface area (Å²) in [5.41, 5.74) is 4.99. The first-order chi connectivity index (χ1) is 10.2. The summed E-state index contributed by atoms with van der Waals surface area (Å²) in [6, 6.07) is 14.4. The fourth-order valence-electron chi connectivity index (χ4n) is 2.68. The van der Waals surface area contributed by atoms with Crippen LogP contribution in [0.4, 0.5) is 0 Å². The molecule has 2 heteroatoms. The van der Waals surface area contributed by atoms with Gasteiger partial charge in [-0.1, -0.05) is 39.0 Å². The predicted octanol–water partition coefficient (Wildman–Crippen LogP) is 5.07. The number of allylic oxidation sites excluding steroid dienone is 2. The molecule has 0 saturated heterocycles. The van der Waals surface area contributed by atoms with E-state index in [1.54, 1.807) is 7.11 Å². The number of hydrogen-bond donors (Lipinski definition) is 0. The zero-order valence-electron chi connectivity index (χ0n) is 13.3. The molecule has 2 nitrogen and oxygen atoms in total. The number of hydrogen-bond acceptors (Lipinski definition) is 2. The van der Waals surface area contributed by atoms with Crippen molar-refractivity contribution in [3.8, 4) is 5.75 Å². The maximum atomic E-state index is 5.25. The number of rotatable bonds is 5. The molecule has 2 aromatic rings. The maximum Gasteiger partial charge on any atom is 0.118 e. The zero-order chi connectivity index (χ0) is 15.2. The van der Waals surface area contributed by atoms with Gasteiger partial charge in [-0.2, -0.15) is 0 Å². The number of methoxy groups -OCH3 is 1. The minimum absolute atomic E-state index is 0.440. The van der Waals surface area contributed by atoms with E-state index in [0.29, 0.717) is 5.92 Å². The Hall–Kier alpha value is -2.09. The summed E-state index contributed by atoms with van der Waals surface area (Å²) < 4.78 is 5.25. The van der Waals surface area contributed by atoms with E-state index >= 15 is 0 Å². The van der Waals surface area contributed by atoms with Gasteiger partial charge in [-0.05, 0) is 53.3 Å². The molecule has 0 unspecified atom stereocenters. The first kappa shape index (κ1) is 15.3. The molecule has 1 aromatic carbocycles. The van der Waals surface area contributed by atoms with E-state index in [4.69, 9.17) is 4.74 Å². The van der Waals surface area contributed by atoms with Crippen molar-refractivity contribution in [1.29, 1.82) is 0 Å². The van der Waals surface area contributed by atoms with Crippen LogP contribution in [0, 0.1) is 5.92 Å². The average Bonchev–Trinajstić information content (AvgIpc) is 2.53. The first-order valence-corrected chi connectivity index (χ1v) is 7.46. The molecule has 0 aliphatic rings. The van der Waals surface area contributed by atoms with Crippen LogP contribution in [-0.4, -0.2) is 12.1 Å². The Morgan fingerprint density at radius 3 is 2.29 bits per heavy atom. The molecule has 1 aromatic heterocycles. The topological polar surface area (TPSA) is 22.1 Å². The van der Waals surface area contributed by atoms with Crippen LogP contribution in [0.5, 0.6) is 5.75 Å². The molecule has 0 radical (unpaired) electrons. The second-order valence-electron chi connectivity index (χ2n) is 5.34. The lowest BCUT2D eigenvalue weighted by atomic mass is 9.88. The Labute approximate surface area is 127 Å². The third-order valence-electron chi connectivity index (χ3n) is 3.63. The van der Waals surface area contributed by atoms with Crippen molar-refractivity contribution in [2.24, 2.45) is 5.92 Å². The van der Waals surface area contributed by atoms with E-state index in [-0.39, 0.29) is 0 Å². The molecule has 2 rings (SSSR count). The van der Waals surface area contributed by atoms with Crippen LogP contribution in [0.2, 0.25) is 0 Å². The predicted molar refractivity (Wildman–Crippen MR) is 89.2 cm³/mol. The maximum absolute atomic E-state index is 5.25. The van der Waals surface area contributed by atoms with Crippen molar-refractivity contribution in [3.63, 3.8) is 0 Å². The van der Waals surface area contributed by atoms with Crippen molar-refractivity contribution < 1.29 is 4.74 Å². The Bertz CT molecular complexity index is 597. The second kappa shape index (κ2) is 7.07. The molecular formula is C19H23NO. The molecule has 0 amide bonds. The molecule has 0 aliphatic carbocycles. The highest BCUT2D eigenvalue weighted by Gasteiger charge is 2.14. The van der Waals surface area contributed by atoms with E-state index in [2.05, 4.69) is 44.0 Å². The van der Waals surface area contributed by atoms with Gasteiger partial charge >= 0.3 is 0 Å². The molecule has 0 saturated carbocycles. The number of benzene rings is 1. The molecule has 0 aliphatic heterocycles. The summed E-state index contributed by atoms with van der Waals surface area (Å²) in [4.78, 5) is 4.53. The summed E-state index contributed by atoms with van der Waals surface area (Å²) in [5.74, 6) is 1.33. The average molecular weight is 281 g/mol. The van der Waals surface area contributed by atoms with Gasteiger partial charge in [-0.3, -0.25) is 4.98 Å². The van der Waals surface area contributed by atoms with E-state index in [1.165, 1.54) is 16.7 Å². The Morgan fingerprint density at radius 2 is 1.81 bits per heavy atom. The highest BCUT2D eigenvalue weighted by Crippen LogP contribution is 2.34. The molecule has 0 bridgehead atoms. The van der Waals surface area contributed by atoms with Crippen LogP contribution in [0.15, 0.2) is 48.7 Å². The number of aromatic nitrogens is 1. The lowest BCUT2D eigenvalue weighted by molar-refractivity contribution is 0.415. The monoisotopic (exact) mass is 281 g/mol. The van der Waals surface area contributed by atoms with Gasteiger partial charge in [0.05, 0.1) is 12.8 Å². The molecule has 0 atom stereocenters. The molecular weight excluding hydrogens is 258 g/mol. The van der Waals surface area contributed by atoms with Crippen LogP contribution in [0.25, 0.3) is 11.1 Å². The van der Waals surface area contributed by atoms with E-state index in [1.807, 2.05) is 30.5 Å². The van der Waals surface area contributed by atoms with E-state index < -0.39 is 0 Å². The summed E-state index contributed by atoms with van der Waals surface area (Å²) in [6.07, 6.45) is 2.83. The normalized spacial score (nSPS) is 12.2. The smallest absolute Gasteiger partial charge is 0.118 e. The molecule has 21 heavy (non-hydrogen) atoms. The largest absolute Gasteiger partial charge is 0.497 e. The third-order valence-corrected chi connectivity index (χ3v) is 3.63. The van der Waals surface area contributed by atoms with Gasteiger partial charge in [0, 0.05) is 6.20 Å². The fourth-order valence-corrected chi connectivity index (χ4v) is 2.68.